The molecule has 0 amide bonds. The van der Waals surface area contributed by atoms with E-state index in [1.807, 2.05) is 28.8 Å². The maximum atomic E-state index is 11.8. The summed E-state index contributed by atoms with van der Waals surface area (Å²) in [5.74, 6) is -0.388. The van der Waals surface area contributed by atoms with Crippen molar-refractivity contribution < 1.29 is 14.5 Å². The number of ether oxygens (including phenoxy) is 1. The van der Waals surface area contributed by atoms with Gasteiger partial charge in [0.2, 0.25) is 0 Å². The molecule has 31 heavy (non-hydrogen) atoms. The molecular formula is C20H17BrN4O6. The summed E-state index contributed by atoms with van der Waals surface area (Å²) >= 11 is 0. The second kappa shape index (κ2) is 8.56. The monoisotopic (exact) mass is 488 g/mol. The van der Waals surface area contributed by atoms with Crippen molar-refractivity contribution in [3.8, 4) is 0 Å². The van der Waals surface area contributed by atoms with E-state index in [1.54, 1.807) is 6.20 Å². The summed E-state index contributed by atoms with van der Waals surface area (Å²) in [6.45, 7) is 0.169. The maximum absolute atomic E-state index is 11.8. The van der Waals surface area contributed by atoms with Gasteiger partial charge in [0.25, 0.3) is 5.69 Å². The Hall–Kier alpha value is -3.73. The van der Waals surface area contributed by atoms with Crippen LogP contribution in [0.25, 0.3) is 21.9 Å². The molecule has 0 bridgehead atoms. The third kappa shape index (κ3) is 4.12. The summed E-state index contributed by atoms with van der Waals surface area (Å²) in [4.78, 5) is 51.0. The quantitative estimate of drug-likeness (QED) is 0.191. The number of nitro groups is 1. The number of methoxy groups -OCH3 is 1. The van der Waals surface area contributed by atoms with Crippen LogP contribution in [-0.2, 0) is 22.5 Å². The van der Waals surface area contributed by atoms with E-state index in [-0.39, 0.29) is 47.1 Å². The van der Waals surface area contributed by atoms with Crippen molar-refractivity contribution in [3.05, 3.63) is 84.5 Å². The summed E-state index contributed by atoms with van der Waals surface area (Å²) in [7, 11) is 1.31. The minimum absolute atomic E-state index is 0. The van der Waals surface area contributed by atoms with E-state index in [1.165, 1.54) is 19.2 Å². The van der Waals surface area contributed by atoms with Gasteiger partial charge in [-0.05, 0) is 11.6 Å². The van der Waals surface area contributed by atoms with Crippen LogP contribution in [0.15, 0.2) is 52.2 Å². The molecular weight excluding hydrogens is 472 g/mol. The van der Waals surface area contributed by atoms with Gasteiger partial charge in [-0.3, -0.25) is 24.5 Å². The van der Waals surface area contributed by atoms with E-state index < -0.39 is 16.0 Å². The number of hydrogen-bond acceptors (Lipinski definition) is 6. The van der Waals surface area contributed by atoms with Crippen molar-refractivity contribution in [2.75, 3.05) is 7.11 Å². The fraction of sp³-hybridized carbons (Fsp3) is 0.150. The Morgan fingerprint density at radius 2 is 1.84 bits per heavy atom. The smallest absolute Gasteiger partial charge is 0.314 e. The number of fused-ring (bicyclic) bond motifs is 2. The van der Waals surface area contributed by atoms with Gasteiger partial charge in [0.1, 0.15) is 0 Å². The average Bonchev–Trinajstić information content (AvgIpc) is 3.06. The summed E-state index contributed by atoms with van der Waals surface area (Å²) < 4.78 is 6.59. The molecule has 0 radical (unpaired) electrons. The van der Waals surface area contributed by atoms with Crippen LogP contribution in [0.2, 0.25) is 0 Å². The van der Waals surface area contributed by atoms with Crippen molar-refractivity contribution >= 4 is 50.6 Å². The Balaban J connectivity index is 0.00000272. The van der Waals surface area contributed by atoms with Crippen LogP contribution in [0, 0.1) is 10.1 Å². The molecule has 4 rings (SSSR count). The minimum atomic E-state index is -0.888. The fourth-order valence-corrected chi connectivity index (χ4v) is 3.52. The van der Waals surface area contributed by atoms with Crippen LogP contribution in [0.4, 0.5) is 5.69 Å². The zero-order valence-electron chi connectivity index (χ0n) is 16.2. The van der Waals surface area contributed by atoms with Gasteiger partial charge in [-0.1, -0.05) is 18.2 Å². The molecule has 0 saturated heterocycles. The molecule has 0 spiro atoms. The molecule has 0 saturated carbocycles. The summed E-state index contributed by atoms with van der Waals surface area (Å²) in [5.41, 5.74) is 0.510. The Labute approximate surface area is 184 Å². The number of nitro benzene ring substituents is 1. The number of nitrogens with one attached hydrogen (secondary N) is 2. The molecule has 2 N–H and O–H groups in total. The van der Waals surface area contributed by atoms with Gasteiger partial charge in [-0.15, -0.1) is 17.0 Å². The minimum Gasteiger partial charge on any atom is -0.469 e. The lowest BCUT2D eigenvalue weighted by molar-refractivity contribution is -0.384. The van der Waals surface area contributed by atoms with E-state index in [0.29, 0.717) is 11.1 Å². The number of non-ortho nitro benzene ring substituents is 1. The normalized spacial score (nSPS) is 10.7. The lowest BCUT2D eigenvalue weighted by Crippen LogP contribution is -2.29. The van der Waals surface area contributed by atoms with Crippen LogP contribution >= 0.6 is 17.0 Å². The van der Waals surface area contributed by atoms with E-state index >= 15 is 0 Å². The topological polar surface area (TPSA) is 140 Å². The zero-order chi connectivity index (χ0) is 21.4. The molecule has 11 heteroatoms. The van der Waals surface area contributed by atoms with Crippen molar-refractivity contribution in [3.63, 3.8) is 0 Å². The first kappa shape index (κ1) is 22.0. The molecule has 4 aromatic rings. The number of benzene rings is 2. The number of carbonyl (C=O) groups excluding carboxylic acids is 1. The molecule has 0 aliphatic heterocycles. The van der Waals surface area contributed by atoms with Gasteiger partial charge >= 0.3 is 17.1 Å². The highest BCUT2D eigenvalue weighted by atomic mass is 79.9. The number of hydrogen-bond donors (Lipinski definition) is 2. The average molecular weight is 489 g/mol. The predicted octanol–water partition coefficient (Wildman–Crippen LogP) is 2.42. The summed E-state index contributed by atoms with van der Waals surface area (Å²) in [6, 6.07) is 9.97. The number of nitrogens with zero attached hydrogens (tertiary/aromatic N) is 2. The van der Waals surface area contributed by atoms with Crippen LogP contribution in [-0.4, -0.2) is 32.5 Å². The van der Waals surface area contributed by atoms with Crippen LogP contribution in [0.3, 0.4) is 0 Å². The van der Waals surface area contributed by atoms with Gasteiger partial charge in [0, 0.05) is 41.3 Å². The lowest BCUT2D eigenvalue weighted by atomic mass is 10.1. The highest BCUT2D eigenvalue weighted by Crippen LogP contribution is 2.26. The number of para-hydroxylation sites is 1. The van der Waals surface area contributed by atoms with Gasteiger partial charge in [0.05, 0.1) is 29.5 Å². The molecule has 2 heterocycles. The fourth-order valence-electron chi connectivity index (χ4n) is 3.52. The molecule has 0 fully saturated rings. The van der Waals surface area contributed by atoms with E-state index in [4.69, 9.17) is 4.74 Å². The molecule has 0 unspecified atom stereocenters. The van der Waals surface area contributed by atoms with Crippen molar-refractivity contribution in [1.82, 2.24) is 14.5 Å². The number of halogens is 1. The molecule has 0 aliphatic carbocycles. The standard InChI is InChI=1S/C20H16N4O6.BrH/c1-30-17(25)7-11-9-23(16-5-3-2-4-14(11)16)10-12-6-13(24(28)29)8-15-18(12)22-20(27)19(26)21-15;/h2-6,8-9H,7,10H2,1H3,(H,21,26)(H,22,27);1H. The third-order valence-corrected chi connectivity index (χ3v) is 4.88. The third-order valence-electron chi connectivity index (χ3n) is 4.88. The number of rotatable bonds is 5. The molecule has 2 aromatic carbocycles. The Bertz CT molecular complexity index is 1440. The van der Waals surface area contributed by atoms with E-state index in [0.717, 1.165) is 16.5 Å². The molecule has 160 valence electrons. The number of carbonyl (C=O) groups is 1. The SMILES string of the molecule is Br.COC(=O)Cc1cn(Cc2cc([N+](=O)[O-])cc3[nH]c(=O)c(=O)[nH]c23)c2ccccc12. The van der Waals surface area contributed by atoms with E-state index in [9.17, 15) is 24.5 Å². The van der Waals surface area contributed by atoms with Crippen LogP contribution in [0.5, 0.6) is 0 Å². The Morgan fingerprint density at radius 3 is 2.55 bits per heavy atom. The zero-order valence-corrected chi connectivity index (χ0v) is 17.9. The van der Waals surface area contributed by atoms with Gasteiger partial charge in [-0.2, -0.15) is 0 Å². The lowest BCUT2D eigenvalue weighted by Gasteiger charge is -2.09. The largest absolute Gasteiger partial charge is 0.469 e. The number of aromatic amines is 2. The van der Waals surface area contributed by atoms with Crippen LogP contribution in [0.1, 0.15) is 11.1 Å². The highest BCUT2D eigenvalue weighted by molar-refractivity contribution is 8.93. The van der Waals surface area contributed by atoms with Gasteiger partial charge < -0.3 is 19.3 Å². The van der Waals surface area contributed by atoms with Gasteiger partial charge in [-0.25, -0.2) is 0 Å². The molecule has 10 nitrogen and oxygen atoms in total. The highest BCUT2D eigenvalue weighted by Gasteiger charge is 2.17. The summed E-state index contributed by atoms with van der Waals surface area (Å²) in [6.07, 6.45) is 1.85. The Morgan fingerprint density at radius 1 is 1.13 bits per heavy atom. The number of H-pyrrole nitrogens is 2. The van der Waals surface area contributed by atoms with E-state index in [2.05, 4.69) is 9.97 Å². The molecule has 2 aromatic heterocycles. The molecule has 0 atom stereocenters. The second-order valence-corrected chi connectivity index (χ2v) is 6.75. The second-order valence-electron chi connectivity index (χ2n) is 6.75. The Kier molecular flexibility index (Phi) is 6.07. The first-order valence-corrected chi connectivity index (χ1v) is 8.94. The number of esters is 1. The van der Waals surface area contributed by atoms with Crippen molar-refractivity contribution in [1.29, 1.82) is 0 Å². The van der Waals surface area contributed by atoms with Crippen LogP contribution < -0.4 is 11.1 Å². The number of aromatic nitrogens is 3. The summed E-state index contributed by atoms with van der Waals surface area (Å²) in [5, 5.41) is 12.2. The first-order valence-electron chi connectivity index (χ1n) is 8.94. The maximum Gasteiger partial charge on any atom is 0.314 e. The first-order chi connectivity index (χ1) is 14.4. The van der Waals surface area contributed by atoms with Gasteiger partial charge in [0.15, 0.2) is 0 Å². The predicted molar refractivity (Wildman–Crippen MR) is 119 cm³/mol. The van der Waals surface area contributed by atoms with Crippen molar-refractivity contribution in [2.45, 2.75) is 13.0 Å². The molecule has 0 aliphatic rings. The van der Waals surface area contributed by atoms with Crippen molar-refractivity contribution in [2.24, 2.45) is 0 Å².